The molecule has 1 aromatic carbocycles. The summed E-state index contributed by atoms with van der Waals surface area (Å²) in [5.41, 5.74) is 3.30. The number of carbonyl (C=O) groups is 3. The number of aromatic hydroxyl groups is 1. The number of phenols is 1. The van der Waals surface area contributed by atoms with Crippen molar-refractivity contribution in [3.8, 4) is 5.75 Å². The van der Waals surface area contributed by atoms with Crippen molar-refractivity contribution in [2.75, 3.05) is 14.1 Å². The summed E-state index contributed by atoms with van der Waals surface area (Å²) in [6.07, 6.45) is 0.385. The van der Waals surface area contributed by atoms with Crippen LogP contribution in [0.15, 0.2) is 29.0 Å². The summed E-state index contributed by atoms with van der Waals surface area (Å²) in [7, 11) is 3.13. The largest absolute Gasteiger partial charge is 0.508 e. The first-order valence-electron chi connectivity index (χ1n) is 9.89. The number of likely N-dealkylation sites (N-methyl/N-ethyl adjacent to an activating group) is 1. The molecule has 1 fully saturated rings. The third-order valence-electron chi connectivity index (χ3n) is 6.84. The maximum Gasteiger partial charge on any atom is 0.255 e. The van der Waals surface area contributed by atoms with Gasteiger partial charge in [0.05, 0.1) is 11.6 Å². The van der Waals surface area contributed by atoms with E-state index in [1.807, 2.05) is 6.92 Å². The Morgan fingerprint density at radius 3 is 2.42 bits per heavy atom. The Morgan fingerprint density at radius 1 is 1.19 bits per heavy atom. The van der Waals surface area contributed by atoms with Crippen LogP contribution in [0.4, 0.5) is 0 Å². The highest BCUT2D eigenvalue weighted by molar-refractivity contribution is 6.24. The molecule has 0 aliphatic heterocycles. The second-order valence-corrected chi connectivity index (χ2v) is 8.72. The SMILES string of the molecule is Cc1ccc(O)c2c1CC1CC3[C@H](N(C)C)C(=O)C(C(N)=O)=C(O)[C@@]3(O)C(=O)C1=C2O. The Hall–Kier alpha value is -3.17. The van der Waals surface area contributed by atoms with E-state index in [0.717, 1.165) is 5.56 Å². The molecule has 0 radical (unpaired) electrons. The van der Waals surface area contributed by atoms with Gasteiger partial charge in [-0.25, -0.2) is 0 Å². The minimum atomic E-state index is -2.61. The second kappa shape index (κ2) is 6.66. The Balaban J connectivity index is 1.99. The van der Waals surface area contributed by atoms with Crippen molar-refractivity contribution in [1.29, 1.82) is 0 Å². The number of nitrogens with zero attached hydrogens (tertiary/aromatic N) is 1. The zero-order valence-corrected chi connectivity index (χ0v) is 17.3. The maximum atomic E-state index is 13.6. The van der Waals surface area contributed by atoms with Gasteiger partial charge in [0.2, 0.25) is 5.78 Å². The number of aliphatic hydroxyl groups excluding tert-OH is 2. The molecule has 0 spiro atoms. The normalized spacial score (nSPS) is 30.3. The van der Waals surface area contributed by atoms with E-state index in [9.17, 15) is 34.8 Å². The lowest BCUT2D eigenvalue weighted by Crippen LogP contribution is -2.65. The van der Waals surface area contributed by atoms with Crippen LogP contribution in [0.25, 0.3) is 5.76 Å². The van der Waals surface area contributed by atoms with Gasteiger partial charge in [-0.3, -0.25) is 19.3 Å². The molecule has 9 nitrogen and oxygen atoms in total. The molecule has 2 unspecified atom stereocenters. The van der Waals surface area contributed by atoms with Crippen molar-refractivity contribution in [3.05, 3.63) is 45.7 Å². The Kier molecular flexibility index (Phi) is 4.53. The Morgan fingerprint density at radius 2 is 1.84 bits per heavy atom. The van der Waals surface area contributed by atoms with Crippen LogP contribution >= 0.6 is 0 Å². The van der Waals surface area contributed by atoms with Gasteiger partial charge in [0.1, 0.15) is 22.8 Å². The van der Waals surface area contributed by atoms with E-state index in [4.69, 9.17) is 5.73 Å². The highest BCUT2D eigenvalue weighted by Gasteiger charge is 2.64. The third-order valence-corrected chi connectivity index (χ3v) is 6.84. The van der Waals surface area contributed by atoms with Crippen molar-refractivity contribution in [2.24, 2.45) is 17.6 Å². The van der Waals surface area contributed by atoms with Crippen LogP contribution in [0, 0.1) is 18.8 Å². The van der Waals surface area contributed by atoms with Gasteiger partial charge in [-0.1, -0.05) is 6.07 Å². The molecule has 0 saturated heterocycles. The van der Waals surface area contributed by atoms with E-state index in [1.54, 1.807) is 20.2 Å². The topological polar surface area (TPSA) is 161 Å². The number of ketones is 2. The number of fused-ring (bicyclic) bond motifs is 3. The average Bonchev–Trinajstić information content (AvgIpc) is 2.67. The van der Waals surface area contributed by atoms with Gasteiger partial charge in [0.15, 0.2) is 11.4 Å². The number of amides is 1. The van der Waals surface area contributed by atoms with Gasteiger partial charge in [-0.05, 0) is 57.0 Å². The van der Waals surface area contributed by atoms with Gasteiger partial charge in [-0.2, -0.15) is 0 Å². The van der Waals surface area contributed by atoms with Crippen LogP contribution in [0.1, 0.15) is 23.1 Å². The lowest BCUT2D eigenvalue weighted by molar-refractivity contribution is -0.153. The van der Waals surface area contributed by atoms with Gasteiger partial charge in [0.25, 0.3) is 5.91 Å². The molecule has 4 atom stereocenters. The lowest BCUT2D eigenvalue weighted by Gasteiger charge is -2.50. The number of benzene rings is 1. The van der Waals surface area contributed by atoms with Crippen molar-refractivity contribution in [3.63, 3.8) is 0 Å². The van der Waals surface area contributed by atoms with Crippen LogP contribution in [-0.4, -0.2) is 68.5 Å². The summed E-state index contributed by atoms with van der Waals surface area (Å²) in [5, 5.41) is 43.4. The molecule has 1 aromatic rings. The smallest absolute Gasteiger partial charge is 0.255 e. The molecular formula is C22H24N2O7. The first-order chi connectivity index (χ1) is 14.4. The minimum absolute atomic E-state index is 0.0842. The maximum absolute atomic E-state index is 13.6. The number of hydrogen-bond acceptors (Lipinski definition) is 8. The molecule has 164 valence electrons. The van der Waals surface area contributed by atoms with Crippen molar-refractivity contribution in [2.45, 2.75) is 31.4 Å². The van der Waals surface area contributed by atoms with Crippen molar-refractivity contribution >= 4 is 23.2 Å². The summed E-state index contributed by atoms with van der Waals surface area (Å²) in [6.45, 7) is 1.82. The summed E-state index contributed by atoms with van der Waals surface area (Å²) in [6, 6.07) is 2.02. The van der Waals surface area contributed by atoms with E-state index < -0.39 is 58.0 Å². The number of phenolic OH excluding ortho intramolecular Hbond substituents is 1. The highest BCUT2D eigenvalue weighted by Crippen LogP contribution is 2.52. The van der Waals surface area contributed by atoms with Crippen LogP contribution < -0.4 is 5.73 Å². The van der Waals surface area contributed by atoms with Crippen molar-refractivity contribution in [1.82, 2.24) is 4.90 Å². The van der Waals surface area contributed by atoms with Crippen LogP contribution in [-0.2, 0) is 20.8 Å². The molecule has 0 aromatic heterocycles. The number of Topliss-reactive ketones (excluding diaryl/α,β-unsaturated/α-hetero) is 2. The molecule has 4 rings (SSSR count). The standard InChI is InChI=1S/C22H24N2O7/c1-8-4-5-12(25)14-10(8)6-9-7-11-16(24(2)3)18(27)15(21(23)30)20(29)22(11,31)19(28)13(9)17(14)26/h4-5,9,11,16,25-26,29,31H,6-7H2,1-3H3,(H2,23,30)/t9?,11?,16-,22-/m0/s1. The fraction of sp³-hybridized carbons (Fsp3) is 0.409. The number of nitrogens with two attached hydrogens (primary N) is 1. The van der Waals surface area contributed by atoms with Gasteiger partial charge >= 0.3 is 0 Å². The zero-order chi connectivity index (χ0) is 23.0. The van der Waals surface area contributed by atoms with E-state index >= 15 is 0 Å². The van der Waals surface area contributed by atoms with Crippen LogP contribution in [0.3, 0.4) is 0 Å². The van der Waals surface area contributed by atoms with Gasteiger partial charge in [-0.15, -0.1) is 0 Å². The molecule has 1 saturated carbocycles. The monoisotopic (exact) mass is 428 g/mol. The minimum Gasteiger partial charge on any atom is -0.508 e. The molecule has 6 N–H and O–H groups in total. The fourth-order valence-corrected chi connectivity index (χ4v) is 5.40. The number of carbonyl (C=O) groups excluding carboxylic acids is 3. The first-order valence-corrected chi connectivity index (χ1v) is 9.89. The number of rotatable bonds is 2. The van der Waals surface area contributed by atoms with E-state index in [2.05, 4.69) is 0 Å². The second-order valence-electron chi connectivity index (χ2n) is 8.72. The summed E-state index contributed by atoms with van der Waals surface area (Å²) < 4.78 is 0. The average molecular weight is 428 g/mol. The van der Waals surface area contributed by atoms with Gasteiger partial charge < -0.3 is 26.2 Å². The molecule has 0 heterocycles. The summed E-state index contributed by atoms with van der Waals surface area (Å²) >= 11 is 0. The van der Waals surface area contributed by atoms with Crippen LogP contribution in [0.2, 0.25) is 0 Å². The third kappa shape index (κ3) is 2.60. The number of hydrogen-bond donors (Lipinski definition) is 5. The Labute approximate surface area is 178 Å². The fourth-order valence-electron chi connectivity index (χ4n) is 5.40. The molecule has 31 heavy (non-hydrogen) atoms. The van der Waals surface area contributed by atoms with Crippen molar-refractivity contribution < 1.29 is 34.8 Å². The van der Waals surface area contributed by atoms with E-state index in [1.165, 1.54) is 11.0 Å². The van der Waals surface area contributed by atoms with Crippen LogP contribution in [0.5, 0.6) is 5.75 Å². The van der Waals surface area contributed by atoms with Gasteiger partial charge in [0, 0.05) is 11.5 Å². The molecule has 3 aliphatic carbocycles. The molecule has 1 amide bonds. The zero-order valence-electron chi connectivity index (χ0n) is 17.3. The first kappa shape index (κ1) is 21.1. The van der Waals surface area contributed by atoms with E-state index in [0.29, 0.717) is 12.0 Å². The summed E-state index contributed by atoms with van der Waals surface area (Å²) in [4.78, 5) is 39.9. The number of primary amides is 1. The highest BCUT2D eigenvalue weighted by atomic mass is 16.3. The molecule has 9 heteroatoms. The predicted molar refractivity (Wildman–Crippen MR) is 109 cm³/mol. The number of aliphatic hydroxyl groups is 3. The molecular weight excluding hydrogens is 404 g/mol. The number of aryl methyl sites for hydroxylation is 1. The van der Waals surface area contributed by atoms with E-state index in [-0.39, 0.29) is 23.3 Å². The summed E-state index contributed by atoms with van der Waals surface area (Å²) in [5.74, 6) is -6.42. The quantitative estimate of drug-likeness (QED) is 0.420. The Bertz CT molecular complexity index is 1120. The molecule has 3 aliphatic rings. The predicted octanol–water partition coefficient (Wildman–Crippen LogP) is 0.272. The lowest BCUT2D eigenvalue weighted by atomic mass is 9.57. The molecule has 0 bridgehead atoms.